The third kappa shape index (κ3) is 4.10. The number of carbonyl (C=O) groups excluding carboxylic acids is 2. The Kier molecular flexibility index (Phi) is 5.03. The van der Waals surface area contributed by atoms with Crippen LogP contribution in [0.2, 0.25) is 0 Å². The summed E-state index contributed by atoms with van der Waals surface area (Å²) in [5.74, 6) is 0.206. The van der Waals surface area contributed by atoms with Crippen LogP contribution in [0.3, 0.4) is 0 Å². The molecule has 3 aromatic rings. The molecule has 0 fully saturated rings. The number of hydrogen-bond acceptors (Lipinski definition) is 5. The highest BCUT2D eigenvalue weighted by Gasteiger charge is 2.10. The van der Waals surface area contributed by atoms with Crippen LogP contribution in [0, 0.1) is 6.92 Å². The summed E-state index contributed by atoms with van der Waals surface area (Å²) in [6.45, 7) is 3.44. The fourth-order valence-corrected chi connectivity index (χ4v) is 2.35. The van der Waals surface area contributed by atoms with E-state index in [2.05, 4.69) is 20.6 Å². The monoisotopic (exact) mass is 346 g/mol. The molecule has 2 N–H and O–H groups in total. The van der Waals surface area contributed by atoms with Gasteiger partial charge in [0.25, 0.3) is 5.91 Å². The van der Waals surface area contributed by atoms with Crippen molar-refractivity contribution in [3.63, 3.8) is 0 Å². The zero-order valence-corrected chi connectivity index (χ0v) is 14.5. The summed E-state index contributed by atoms with van der Waals surface area (Å²) in [6.07, 6.45) is 2.91. The molecule has 0 spiro atoms. The van der Waals surface area contributed by atoms with Crippen LogP contribution < -0.4 is 10.6 Å². The number of para-hydroxylation sites is 1. The number of benzene rings is 2. The van der Waals surface area contributed by atoms with E-state index >= 15 is 0 Å². The van der Waals surface area contributed by atoms with Gasteiger partial charge in [0.2, 0.25) is 0 Å². The van der Waals surface area contributed by atoms with Gasteiger partial charge in [0.15, 0.2) is 5.78 Å². The van der Waals surface area contributed by atoms with E-state index in [0.717, 1.165) is 16.9 Å². The zero-order valence-electron chi connectivity index (χ0n) is 14.5. The fourth-order valence-electron chi connectivity index (χ4n) is 2.35. The van der Waals surface area contributed by atoms with Gasteiger partial charge in [-0.05, 0) is 49.7 Å². The minimum absolute atomic E-state index is 0.0142. The van der Waals surface area contributed by atoms with Crippen LogP contribution in [-0.4, -0.2) is 21.7 Å². The Hall–Kier alpha value is -3.54. The summed E-state index contributed by atoms with van der Waals surface area (Å²) in [5.41, 5.74) is 3.37. The predicted octanol–water partition coefficient (Wildman–Crippen LogP) is 3.98. The van der Waals surface area contributed by atoms with Gasteiger partial charge < -0.3 is 10.6 Å². The number of aromatic nitrogens is 2. The second-order valence-corrected chi connectivity index (χ2v) is 5.81. The van der Waals surface area contributed by atoms with Crippen molar-refractivity contribution in [2.24, 2.45) is 0 Å². The van der Waals surface area contributed by atoms with Crippen molar-refractivity contribution in [2.45, 2.75) is 13.8 Å². The van der Waals surface area contributed by atoms with Gasteiger partial charge in [-0.25, -0.2) is 9.97 Å². The SMILES string of the molecule is CC(=O)c1ccc(Nc2cnc(C(=O)Nc3ccccc3C)cn2)cc1. The minimum Gasteiger partial charge on any atom is -0.339 e. The lowest BCUT2D eigenvalue weighted by molar-refractivity contribution is 0.101. The first-order valence-corrected chi connectivity index (χ1v) is 8.10. The van der Waals surface area contributed by atoms with E-state index < -0.39 is 0 Å². The van der Waals surface area contributed by atoms with E-state index in [1.807, 2.05) is 31.2 Å². The number of carbonyl (C=O) groups is 2. The maximum Gasteiger partial charge on any atom is 0.275 e. The number of nitrogens with zero attached hydrogens (tertiary/aromatic N) is 2. The van der Waals surface area contributed by atoms with Gasteiger partial charge in [-0.1, -0.05) is 18.2 Å². The number of rotatable bonds is 5. The molecule has 3 rings (SSSR count). The van der Waals surface area contributed by atoms with E-state index in [1.165, 1.54) is 19.3 Å². The third-order valence-corrected chi connectivity index (χ3v) is 3.84. The molecule has 0 atom stereocenters. The Morgan fingerprint density at radius 3 is 2.27 bits per heavy atom. The summed E-state index contributed by atoms with van der Waals surface area (Å²) in [4.78, 5) is 31.9. The van der Waals surface area contributed by atoms with Crippen molar-refractivity contribution in [1.29, 1.82) is 0 Å². The van der Waals surface area contributed by atoms with Gasteiger partial charge in [0.05, 0.1) is 12.4 Å². The van der Waals surface area contributed by atoms with E-state index in [0.29, 0.717) is 11.4 Å². The van der Waals surface area contributed by atoms with E-state index in [9.17, 15) is 9.59 Å². The Labute approximate surface area is 151 Å². The Morgan fingerprint density at radius 2 is 1.65 bits per heavy atom. The molecule has 0 radical (unpaired) electrons. The molecule has 1 aromatic heterocycles. The van der Waals surface area contributed by atoms with Gasteiger partial charge in [0.1, 0.15) is 11.5 Å². The molecule has 6 nitrogen and oxygen atoms in total. The number of amides is 1. The molecule has 0 aliphatic rings. The highest BCUT2D eigenvalue weighted by molar-refractivity contribution is 6.03. The number of aryl methyl sites for hydroxylation is 1. The second-order valence-electron chi connectivity index (χ2n) is 5.81. The Bertz CT molecular complexity index is 935. The molecule has 0 unspecified atom stereocenters. The van der Waals surface area contributed by atoms with Crippen molar-refractivity contribution >= 4 is 28.9 Å². The average Bonchev–Trinajstić information content (AvgIpc) is 2.64. The zero-order chi connectivity index (χ0) is 18.5. The largest absolute Gasteiger partial charge is 0.339 e. The van der Waals surface area contributed by atoms with Gasteiger partial charge in [0, 0.05) is 16.9 Å². The van der Waals surface area contributed by atoms with Crippen molar-refractivity contribution in [2.75, 3.05) is 10.6 Å². The molecule has 0 aliphatic carbocycles. The standard InChI is InChI=1S/C20H18N4O2/c1-13-5-3-4-6-17(13)24-20(26)18-11-22-19(12-21-18)23-16-9-7-15(8-10-16)14(2)25/h3-12H,1-2H3,(H,22,23)(H,24,26). The van der Waals surface area contributed by atoms with Gasteiger partial charge in [-0.15, -0.1) is 0 Å². The summed E-state index contributed by atoms with van der Waals surface area (Å²) < 4.78 is 0. The van der Waals surface area contributed by atoms with Crippen LogP contribution in [0.1, 0.15) is 33.3 Å². The van der Waals surface area contributed by atoms with E-state index in [-0.39, 0.29) is 17.4 Å². The maximum atomic E-state index is 12.3. The number of Topliss-reactive ketones (excluding diaryl/α,β-unsaturated/α-hetero) is 1. The molecule has 26 heavy (non-hydrogen) atoms. The van der Waals surface area contributed by atoms with E-state index in [1.54, 1.807) is 24.3 Å². The first-order valence-electron chi connectivity index (χ1n) is 8.10. The fraction of sp³-hybridized carbons (Fsp3) is 0.100. The molecular weight excluding hydrogens is 328 g/mol. The van der Waals surface area contributed by atoms with Crippen molar-refractivity contribution < 1.29 is 9.59 Å². The lowest BCUT2D eigenvalue weighted by Gasteiger charge is -2.08. The van der Waals surface area contributed by atoms with Gasteiger partial charge in [-0.2, -0.15) is 0 Å². The number of ketones is 1. The quantitative estimate of drug-likeness (QED) is 0.683. The van der Waals surface area contributed by atoms with E-state index in [4.69, 9.17) is 0 Å². The molecule has 130 valence electrons. The normalized spacial score (nSPS) is 10.2. The van der Waals surface area contributed by atoms with Crippen LogP contribution >= 0.6 is 0 Å². The van der Waals surface area contributed by atoms with Gasteiger partial charge in [-0.3, -0.25) is 9.59 Å². The molecule has 0 saturated heterocycles. The Morgan fingerprint density at radius 1 is 0.923 bits per heavy atom. The molecule has 6 heteroatoms. The van der Waals surface area contributed by atoms with Crippen LogP contribution in [-0.2, 0) is 0 Å². The summed E-state index contributed by atoms with van der Waals surface area (Å²) in [6, 6.07) is 14.6. The molecule has 0 saturated carbocycles. The molecule has 0 bridgehead atoms. The van der Waals surface area contributed by atoms with Crippen LogP contribution in [0.25, 0.3) is 0 Å². The minimum atomic E-state index is -0.316. The molecule has 1 amide bonds. The predicted molar refractivity (Wildman–Crippen MR) is 101 cm³/mol. The average molecular weight is 346 g/mol. The third-order valence-electron chi connectivity index (χ3n) is 3.84. The van der Waals surface area contributed by atoms with Crippen LogP contribution in [0.5, 0.6) is 0 Å². The second kappa shape index (κ2) is 7.57. The van der Waals surface area contributed by atoms with Crippen LogP contribution in [0.15, 0.2) is 60.9 Å². The highest BCUT2D eigenvalue weighted by atomic mass is 16.2. The molecular formula is C20H18N4O2. The number of anilines is 3. The summed E-state index contributed by atoms with van der Waals surface area (Å²) in [5, 5.41) is 5.90. The lowest BCUT2D eigenvalue weighted by atomic mass is 10.1. The Balaban J connectivity index is 1.67. The summed E-state index contributed by atoms with van der Waals surface area (Å²) >= 11 is 0. The van der Waals surface area contributed by atoms with Gasteiger partial charge >= 0.3 is 0 Å². The molecule has 1 heterocycles. The van der Waals surface area contributed by atoms with Crippen molar-refractivity contribution in [3.05, 3.63) is 77.7 Å². The highest BCUT2D eigenvalue weighted by Crippen LogP contribution is 2.16. The first kappa shape index (κ1) is 17.3. The number of nitrogens with one attached hydrogen (secondary N) is 2. The first-order chi connectivity index (χ1) is 12.5. The van der Waals surface area contributed by atoms with Crippen LogP contribution in [0.4, 0.5) is 17.2 Å². The smallest absolute Gasteiger partial charge is 0.275 e. The molecule has 2 aromatic carbocycles. The summed E-state index contributed by atoms with van der Waals surface area (Å²) in [7, 11) is 0. The maximum absolute atomic E-state index is 12.3. The topological polar surface area (TPSA) is 84.0 Å². The lowest BCUT2D eigenvalue weighted by Crippen LogP contribution is -2.15. The molecule has 0 aliphatic heterocycles. The van der Waals surface area contributed by atoms with Crippen molar-refractivity contribution in [3.8, 4) is 0 Å². The number of hydrogen-bond donors (Lipinski definition) is 2. The van der Waals surface area contributed by atoms with Crippen molar-refractivity contribution in [1.82, 2.24) is 9.97 Å².